The van der Waals surface area contributed by atoms with Gasteiger partial charge in [-0.2, -0.15) is 0 Å². The second-order valence-corrected chi connectivity index (χ2v) is 6.39. The zero-order valence-electron chi connectivity index (χ0n) is 14.5. The summed E-state index contributed by atoms with van der Waals surface area (Å²) in [6, 6.07) is -1.13. The average molecular weight is 325 g/mol. The van der Waals surface area contributed by atoms with E-state index >= 15 is 0 Å². The van der Waals surface area contributed by atoms with Crippen LogP contribution in [0.15, 0.2) is 9.98 Å². The fourth-order valence-electron chi connectivity index (χ4n) is 3.29. The Kier molecular flexibility index (Phi) is 5.62. The molecule has 0 aliphatic carbocycles. The van der Waals surface area contributed by atoms with Gasteiger partial charge in [-0.1, -0.05) is 13.8 Å². The molecule has 0 radical (unpaired) electrons. The third kappa shape index (κ3) is 3.49. The van der Waals surface area contributed by atoms with Gasteiger partial charge in [0.05, 0.1) is 20.3 Å². The van der Waals surface area contributed by atoms with Gasteiger partial charge in [0, 0.05) is 13.5 Å². The predicted molar refractivity (Wildman–Crippen MR) is 87.7 cm³/mol. The van der Waals surface area contributed by atoms with E-state index in [1.54, 1.807) is 12.0 Å². The molecule has 7 nitrogen and oxygen atoms in total. The van der Waals surface area contributed by atoms with Crippen LogP contribution in [0.5, 0.6) is 0 Å². The summed E-state index contributed by atoms with van der Waals surface area (Å²) in [6.45, 7) is 6.25. The summed E-state index contributed by atoms with van der Waals surface area (Å²) in [6.07, 6.45) is 0.765. The Hall–Kier alpha value is -1.63. The molecule has 1 amide bonds. The van der Waals surface area contributed by atoms with Crippen LogP contribution in [0.4, 0.5) is 0 Å². The number of methoxy groups -OCH3 is 2. The van der Waals surface area contributed by atoms with E-state index in [-0.39, 0.29) is 23.9 Å². The SMILES string of the molecule is COC1=N[C@H](C(C)C)C(OC)=N[C@H]1[C@@H](O)[C@@H]1CCCN1C(C)=O. The number of nitrogens with zero attached hydrogens (tertiary/aromatic N) is 3. The third-order valence-corrected chi connectivity index (χ3v) is 4.51. The number of hydrogen-bond donors (Lipinski definition) is 1. The van der Waals surface area contributed by atoms with Crippen molar-refractivity contribution in [1.82, 2.24) is 4.90 Å². The molecular formula is C16H27N3O4. The highest BCUT2D eigenvalue weighted by Gasteiger charge is 2.42. The molecule has 2 aliphatic heterocycles. The normalized spacial score (nSPS) is 29.2. The molecule has 0 spiro atoms. The van der Waals surface area contributed by atoms with E-state index < -0.39 is 12.1 Å². The zero-order valence-corrected chi connectivity index (χ0v) is 14.5. The first-order valence-corrected chi connectivity index (χ1v) is 8.09. The second kappa shape index (κ2) is 7.29. The first-order chi connectivity index (χ1) is 10.9. The monoisotopic (exact) mass is 325 g/mol. The van der Waals surface area contributed by atoms with Crippen LogP contribution in [0, 0.1) is 5.92 Å². The van der Waals surface area contributed by atoms with Crippen molar-refractivity contribution in [2.45, 2.75) is 57.8 Å². The molecule has 0 aromatic rings. The molecule has 23 heavy (non-hydrogen) atoms. The number of carbonyl (C=O) groups is 1. The van der Waals surface area contributed by atoms with Crippen LogP contribution in [0.1, 0.15) is 33.6 Å². The zero-order chi connectivity index (χ0) is 17.1. The number of amides is 1. The number of aliphatic hydroxyl groups excluding tert-OH is 1. The minimum absolute atomic E-state index is 0.0331. The molecular weight excluding hydrogens is 298 g/mol. The molecule has 0 saturated carbocycles. The number of aliphatic imine (C=N–C) groups is 2. The molecule has 7 heteroatoms. The number of likely N-dealkylation sites (tertiary alicyclic amines) is 1. The summed E-state index contributed by atoms with van der Waals surface area (Å²) in [4.78, 5) is 22.6. The van der Waals surface area contributed by atoms with Crippen LogP contribution in [0.2, 0.25) is 0 Å². The van der Waals surface area contributed by atoms with Crippen molar-refractivity contribution in [3.63, 3.8) is 0 Å². The topological polar surface area (TPSA) is 83.7 Å². The van der Waals surface area contributed by atoms with E-state index in [0.29, 0.717) is 18.3 Å². The smallest absolute Gasteiger partial charge is 0.219 e. The maximum atomic E-state index is 11.7. The summed E-state index contributed by atoms with van der Waals surface area (Å²) in [5.41, 5.74) is 0. The molecule has 0 unspecified atom stereocenters. The van der Waals surface area contributed by atoms with Crippen molar-refractivity contribution in [2.75, 3.05) is 20.8 Å². The molecule has 2 heterocycles. The fourth-order valence-corrected chi connectivity index (χ4v) is 3.29. The van der Waals surface area contributed by atoms with E-state index in [1.165, 1.54) is 14.0 Å². The Balaban J connectivity index is 2.27. The van der Waals surface area contributed by atoms with Crippen LogP contribution < -0.4 is 0 Å². The third-order valence-electron chi connectivity index (χ3n) is 4.51. The van der Waals surface area contributed by atoms with Crippen LogP contribution in [0.3, 0.4) is 0 Å². The number of ether oxygens (including phenoxy) is 2. The lowest BCUT2D eigenvalue weighted by Gasteiger charge is -2.34. The molecule has 0 aromatic carbocycles. The summed E-state index contributed by atoms with van der Waals surface area (Å²) >= 11 is 0. The average Bonchev–Trinajstić information content (AvgIpc) is 3.02. The van der Waals surface area contributed by atoms with Crippen LogP contribution in [0.25, 0.3) is 0 Å². The largest absolute Gasteiger partial charge is 0.483 e. The minimum Gasteiger partial charge on any atom is -0.483 e. The van der Waals surface area contributed by atoms with Gasteiger partial charge in [-0.05, 0) is 18.8 Å². The van der Waals surface area contributed by atoms with Crippen LogP contribution >= 0.6 is 0 Å². The summed E-state index contributed by atoms with van der Waals surface area (Å²) in [5, 5.41) is 10.8. The molecule has 130 valence electrons. The standard InChI is InChI=1S/C16H27N3O4/c1-9(2)12-15(22-4)18-13(16(17-12)23-5)14(21)11-7-6-8-19(11)10(3)20/h9,11-14,21H,6-8H2,1-5H3/t11-,12+,13-,14-/m0/s1. The van der Waals surface area contributed by atoms with Crippen molar-refractivity contribution in [3.8, 4) is 0 Å². The van der Waals surface area contributed by atoms with Gasteiger partial charge in [-0.3, -0.25) is 4.79 Å². The fraction of sp³-hybridized carbons (Fsp3) is 0.812. The minimum atomic E-state index is -0.863. The van der Waals surface area contributed by atoms with Gasteiger partial charge in [0.25, 0.3) is 0 Å². The summed E-state index contributed by atoms with van der Waals surface area (Å²) in [5.74, 6) is 1.07. The lowest BCUT2D eigenvalue weighted by Crippen LogP contribution is -2.51. The Bertz CT molecular complexity index is 504. The first kappa shape index (κ1) is 17.7. The van der Waals surface area contributed by atoms with E-state index in [4.69, 9.17) is 9.47 Å². The molecule has 2 rings (SSSR count). The highest BCUT2D eigenvalue weighted by atomic mass is 16.5. The maximum absolute atomic E-state index is 11.7. The number of aliphatic hydroxyl groups is 1. The van der Waals surface area contributed by atoms with Gasteiger partial charge in [-0.25, -0.2) is 9.98 Å². The van der Waals surface area contributed by atoms with Crippen molar-refractivity contribution in [2.24, 2.45) is 15.9 Å². The van der Waals surface area contributed by atoms with Crippen molar-refractivity contribution in [1.29, 1.82) is 0 Å². The molecule has 1 saturated heterocycles. The van der Waals surface area contributed by atoms with Crippen LogP contribution in [-0.4, -0.2) is 72.7 Å². The number of hydrogen-bond acceptors (Lipinski definition) is 6. The Labute approximate surface area is 137 Å². The van der Waals surface area contributed by atoms with E-state index in [2.05, 4.69) is 9.98 Å². The quantitative estimate of drug-likeness (QED) is 0.834. The molecule has 4 atom stereocenters. The molecule has 1 fully saturated rings. The lowest BCUT2D eigenvalue weighted by atomic mass is 9.97. The number of carbonyl (C=O) groups excluding carboxylic acids is 1. The van der Waals surface area contributed by atoms with Gasteiger partial charge in [-0.15, -0.1) is 0 Å². The predicted octanol–water partition coefficient (Wildman–Crippen LogP) is 0.855. The van der Waals surface area contributed by atoms with Crippen molar-refractivity contribution < 1.29 is 19.4 Å². The van der Waals surface area contributed by atoms with Crippen molar-refractivity contribution >= 4 is 17.7 Å². The highest BCUT2D eigenvalue weighted by molar-refractivity contribution is 5.94. The first-order valence-electron chi connectivity index (χ1n) is 8.09. The van der Waals surface area contributed by atoms with Crippen LogP contribution in [-0.2, 0) is 14.3 Å². The molecule has 0 aromatic heterocycles. The van der Waals surface area contributed by atoms with Gasteiger partial charge in [0.1, 0.15) is 12.1 Å². The highest BCUT2D eigenvalue weighted by Crippen LogP contribution is 2.26. The maximum Gasteiger partial charge on any atom is 0.219 e. The van der Waals surface area contributed by atoms with E-state index in [9.17, 15) is 9.90 Å². The second-order valence-electron chi connectivity index (χ2n) is 6.39. The van der Waals surface area contributed by atoms with Gasteiger partial charge in [0.15, 0.2) is 6.04 Å². The Morgan fingerprint density at radius 2 is 1.78 bits per heavy atom. The number of rotatable bonds is 3. The Morgan fingerprint density at radius 3 is 2.30 bits per heavy atom. The van der Waals surface area contributed by atoms with E-state index in [0.717, 1.165) is 12.8 Å². The van der Waals surface area contributed by atoms with E-state index in [1.807, 2.05) is 13.8 Å². The van der Waals surface area contributed by atoms with Gasteiger partial charge in [0.2, 0.25) is 17.7 Å². The molecule has 2 aliphatic rings. The lowest BCUT2D eigenvalue weighted by molar-refractivity contribution is -0.131. The molecule has 0 bridgehead atoms. The van der Waals surface area contributed by atoms with Gasteiger partial charge < -0.3 is 19.5 Å². The molecule has 1 N–H and O–H groups in total. The summed E-state index contributed by atoms with van der Waals surface area (Å²) < 4.78 is 10.7. The van der Waals surface area contributed by atoms with Gasteiger partial charge >= 0.3 is 0 Å². The summed E-state index contributed by atoms with van der Waals surface area (Å²) in [7, 11) is 3.09. The van der Waals surface area contributed by atoms with Crippen molar-refractivity contribution in [3.05, 3.63) is 0 Å². The Morgan fingerprint density at radius 1 is 1.22 bits per heavy atom.